The number of hydrogen-bond donors (Lipinski definition) is 2. The van der Waals surface area contributed by atoms with E-state index in [1.165, 1.54) is 5.82 Å². The van der Waals surface area contributed by atoms with Crippen molar-refractivity contribution >= 4 is 0 Å². The van der Waals surface area contributed by atoms with E-state index in [0.717, 1.165) is 19.5 Å². The summed E-state index contributed by atoms with van der Waals surface area (Å²) in [6.07, 6.45) is 3.39. The number of nitrogens with zero attached hydrogens (tertiary/aromatic N) is 1. The van der Waals surface area contributed by atoms with Crippen LogP contribution < -0.4 is 10.7 Å². The van der Waals surface area contributed by atoms with Gasteiger partial charge in [-0.1, -0.05) is 13.8 Å². The molecule has 2 aliphatic rings. The number of hydrazine groups is 1. The van der Waals surface area contributed by atoms with Crippen LogP contribution >= 0.6 is 0 Å². The summed E-state index contributed by atoms with van der Waals surface area (Å²) in [5.74, 6) is 1.25. The summed E-state index contributed by atoms with van der Waals surface area (Å²) < 4.78 is 0. The van der Waals surface area contributed by atoms with Gasteiger partial charge in [0.05, 0.1) is 0 Å². The molecule has 0 amide bonds. The maximum Gasteiger partial charge on any atom is 0.112 e. The first-order valence-corrected chi connectivity index (χ1v) is 5.37. The predicted octanol–water partition coefficient (Wildman–Crippen LogP) is 1.45. The van der Waals surface area contributed by atoms with Crippen LogP contribution in [0.1, 0.15) is 34.1 Å². The zero-order valence-electron chi connectivity index (χ0n) is 9.65. The fraction of sp³-hybridized carbons (Fsp3) is 0.818. The van der Waals surface area contributed by atoms with E-state index < -0.39 is 0 Å². The Morgan fingerprint density at radius 1 is 1.29 bits per heavy atom. The molecular formula is C11H21N3. The summed E-state index contributed by atoms with van der Waals surface area (Å²) in [6.45, 7) is 11.2. The van der Waals surface area contributed by atoms with Crippen molar-refractivity contribution in [3.05, 3.63) is 11.9 Å². The van der Waals surface area contributed by atoms with Crippen molar-refractivity contribution in [3.63, 3.8) is 0 Å². The molecule has 0 radical (unpaired) electrons. The van der Waals surface area contributed by atoms with Gasteiger partial charge in [0.2, 0.25) is 0 Å². The molecule has 1 fully saturated rings. The van der Waals surface area contributed by atoms with Crippen LogP contribution in [0.5, 0.6) is 0 Å². The maximum absolute atomic E-state index is 3.55. The molecule has 0 aromatic rings. The topological polar surface area (TPSA) is 27.3 Å². The Kier molecular flexibility index (Phi) is 2.03. The van der Waals surface area contributed by atoms with E-state index in [0.29, 0.717) is 5.41 Å². The van der Waals surface area contributed by atoms with E-state index in [1.807, 2.05) is 0 Å². The summed E-state index contributed by atoms with van der Waals surface area (Å²) in [7, 11) is 0. The molecule has 3 heteroatoms. The van der Waals surface area contributed by atoms with Crippen LogP contribution in [-0.2, 0) is 0 Å². The van der Waals surface area contributed by atoms with E-state index in [9.17, 15) is 0 Å². The van der Waals surface area contributed by atoms with Gasteiger partial charge in [-0.05, 0) is 26.3 Å². The quantitative estimate of drug-likeness (QED) is 0.612. The molecule has 2 heterocycles. The third-order valence-corrected chi connectivity index (χ3v) is 2.87. The Labute approximate surface area is 86.5 Å². The molecule has 2 rings (SSSR count). The Morgan fingerprint density at radius 3 is 2.71 bits per heavy atom. The van der Waals surface area contributed by atoms with Gasteiger partial charge in [0.1, 0.15) is 5.82 Å². The Bertz CT molecular complexity index is 266. The Morgan fingerprint density at radius 2 is 2.00 bits per heavy atom. The summed E-state index contributed by atoms with van der Waals surface area (Å²) >= 11 is 0. The summed E-state index contributed by atoms with van der Waals surface area (Å²) in [5.41, 5.74) is 4.09. The van der Waals surface area contributed by atoms with Gasteiger partial charge < -0.3 is 5.32 Å². The molecule has 0 aromatic heterocycles. The molecule has 0 saturated carbocycles. The first-order chi connectivity index (χ1) is 6.38. The SMILES string of the molecule is CC1(C)CNC2=CCC(C)(C)NN2C1. The summed E-state index contributed by atoms with van der Waals surface area (Å²) in [5, 5.41) is 5.73. The molecule has 2 aliphatic heterocycles. The minimum Gasteiger partial charge on any atom is -0.370 e. The fourth-order valence-electron chi connectivity index (χ4n) is 2.04. The summed E-state index contributed by atoms with van der Waals surface area (Å²) in [6, 6.07) is 0. The van der Waals surface area contributed by atoms with Crippen LogP contribution in [0.25, 0.3) is 0 Å². The highest BCUT2D eigenvalue weighted by Gasteiger charge is 2.34. The predicted molar refractivity (Wildman–Crippen MR) is 58.4 cm³/mol. The van der Waals surface area contributed by atoms with Crippen LogP contribution in [0.15, 0.2) is 11.9 Å². The van der Waals surface area contributed by atoms with Crippen molar-refractivity contribution in [2.75, 3.05) is 13.1 Å². The second-order valence-corrected chi connectivity index (χ2v) is 5.89. The normalized spacial score (nSPS) is 28.9. The van der Waals surface area contributed by atoms with Crippen molar-refractivity contribution < 1.29 is 0 Å². The summed E-state index contributed by atoms with van der Waals surface area (Å²) in [4.78, 5) is 0. The van der Waals surface area contributed by atoms with Gasteiger partial charge in [-0.3, -0.25) is 5.01 Å². The van der Waals surface area contributed by atoms with E-state index in [1.54, 1.807) is 0 Å². The first-order valence-electron chi connectivity index (χ1n) is 5.37. The van der Waals surface area contributed by atoms with E-state index in [2.05, 4.69) is 49.5 Å². The molecular weight excluding hydrogens is 174 g/mol. The Balaban J connectivity index is 2.15. The maximum atomic E-state index is 3.55. The average Bonchev–Trinajstić information content (AvgIpc) is 1.99. The molecule has 0 spiro atoms. The lowest BCUT2D eigenvalue weighted by molar-refractivity contribution is 0.0599. The standard InChI is InChI=1S/C11H21N3/c1-10(2)7-12-9-5-6-11(3,4)13-14(9)8-10/h5,12-13H,6-8H2,1-4H3. The van der Waals surface area contributed by atoms with Crippen LogP contribution in [0.2, 0.25) is 0 Å². The highest BCUT2D eigenvalue weighted by Crippen LogP contribution is 2.27. The van der Waals surface area contributed by atoms with Gasteiger partial charge in [-0.2, -0.15) is 0 Å². The van der Waals surface area contributed by atoms with Gasteiger partial charge in [0, 0.05) is 24.0 Å². The smallest absolute Gasteiger partial charge is 0.112 e. The first kappa shape index (κ1) is 9.84. The Hall–Kier alpha value is -0.700. The lowest BCUT2D eigenvalue weighted by Gasteiger charge is -2.48. The minimum absolute atomic E-state index is 0.193. The molecule has 1 saturated heterocycles. The molecule has 0 bridgehead atoms. The van der Waals surface area contributed by atoms with Crippen molar-refractivity contribution in [3.8, 4) is 0 Å². The van der Waals surface area contributed by atoms with E-state index in [-0.39, 0.29) is 5.54 Å². The van der Waals surface area contributed by atoms with Crippen molar-refractivity contribution in [2.45, 2.75) is 39.7 Å². The zero-order chi connectivity index (χ0) is 10.4. The van der Waals surface area contributed by atoms with E-state index in [4.69, 9.17) is 0 Å². The third kappa shape index (κ3) is 1.87. The third-order valence-electron chi connectivity index (χ3n) is 2.87. The van der Waals surface area contributed by atoms with Crippen molar-refractivity contribution in [1.82, 2.24) is 15.8 Å². The van der Waals surface area contributed by atoms with Crippen molar-refractivity contribution in [1.29, 1.82) is 0 Å². The average molecular weight is 195 g/mol. The van der Waals surface area contributed by atoms with Crippen LogP contribution in [-0.4, -0.2) is 23.6 Å². The fourth-order valence-corrected chi connectivity index (χ4v) is 2.04. The molecule has 0 unspecified atom stereocenters. The largest absolute Gasteiger partial charge is 0.370 e. The van der Waals surface area contributed by atoms with Gasteiger partial charge in [0.25, 0.3) is 0 Å². The molecule has 80 valence electrons. The van der Waals surface area contributed by atoms with Gasteiger partial charge in [-0.15, -0.1) is 0 Å². The molecule has 3 nitrogen and oxygen atoms in total. The highest BCUT2D eigenvalue weighted by atomic mass is 15.6. The number of nitrogens with one attached hydrogen (secondary N) is 2. The zero-order valence-corrected chi connectivity index (χ0v) is 9.65. The minimum atomic E-state index is 0.193. The second-order valence-electron chi connectivity index (χ2n) is 5.89. The lowest BCUT2D eigenvalue weighted by atomic mass is 9.90. The number of hydrogen-bond acceptors (Lipinski definition) is 3. The number of rotatable bonds is 0. The van der Waals surface area contributed by atoms with Crippen LogP contribution in [0, 0.1) is 5.41 Å². The monoisotopic (exact) mass is 195 g/mol. The number of fused-ring (bicyclic) bond motifs is 1. The van der Waals surface area contributed by atoms with Crippen molar-refractivity contribution in [2.24, 2.45) is 5.41 Å². The van der Waals surface area contributed by atoms with E-state index >= 15 is 0 Å². The van der Waals surface area contributed by atoms with Gasteiger partial charge >= 0.3 is 0 Å². The van der Waals surface area contributed by atoms with Crippen LogP contribution in [0.3, 0.4) is 0 Å². The molecule has 0 atom stereocenters. The van der Waals surface area contributed by atoms with Gasteiger partial charge in [-0.25, -0.2) is 5.43 Å². The molecule has 0 aliphatic carbocycles. The lowest BCUT2D eigenvalue weighted by Crippen LogP contribution is -2.61. The van der Waals surface area contributed by atoms with Gasteiger partial charge in [0.15, 0.2) is 0 Å². The highest BCUT2D eigenvalue weighted by molar-refractivity contribution is 5.10. The molecule has 0 aromatic carbocycles. The molecule has 14 heavy (non-hydrogen) atoms. The molecule has 2 N–H and O–H groups in total. The second kappa shape index (κ2) is 2.89. The van der Waals surface area contributed by atoms with Crippen LogP contribution in [0.4, 0.5) is 0 Å².